The zero-order valence-electron chi connectivity index (χ0n) is 21.3. The lowest BCUT2D eigenvalue weighted by Crippen LogP contribution is -2.46. The van der Waals surface area contributed by atoms with Crippen LogP contribution in [0, 0.1) is 11.3 Å². The number of carbonyl (C=O) groups is 1. The summed E-state index contributed by atoms with van der Waals surface area (Å²) in [5.41, 5.74) is 0.183. The first-order chi connectivity index (χ1) is 19.0. The molecule has 5 rings (SSSR count). The van der Waals surface area contributed by atoms with Crippen LogP contribution in [0.15, 0.2) is 89.8 Å². The third kappa shape index (κ3) is 5.28. The quantitative estimate of drug-likeness (QED) is 0.440. The van der Waals surface area contributed by atoms with E-state index in [9.17, 15) is 26.4 Å². The van der Waals surface area contributed by atoms with E-state index in [4.69, 9.17) is 5.41 Å². The van der Waals surface area contributed by atoms with Gasteiger partial charge in [-0.1, -0.05) is 60.7 Å². The fourth-order valence-electron chi connectivity index (χ4n) is 5.26. The second-order valence-corrected chi connectivity index (χ2v) is 11.7. The molecule has 0 saturated carbocycles. The average Bonchev–Trinajstić information content (AvgIpc) is 3.19. The lowest BCUT2D eigenvalue weighted by atomic mass is 9.82. The average molecular weight is 573 g/mol. The van der Waals surface area contributed by atoms with Crippen molar-refractivity contribution in [2.45, 2.75) is 29.6 Å². The standard InChI is InChI=1S/C28H27F3N4O4S/c29-28(30,31)39-23-11-13-24(14-12-23)40(37,38)34-17-15-20(16-18-34)19-35-25(36)27(33-26(35)32,21-7-3-1-4-8-21)22-9-5-2-6-10-22/h1-14,20H,15-19H2,(H2,32,33). The Labute approximate surface area is 229 Å². The molecule has 0 atom stereocenters. The summed E-state index contributed by atoms with van der Waals surface area (Å²) in [5.74, 6) is -0.846. The number of nitrogens with one attached hydrogen (secondary N) is 2. The van der Waals surface area contributed by atoms with Gasteiger partial charge in [0.2, 0.25) is 10.0 Å². The molecule has 0 spiro atoms. The number of hydrogen-bond acceptors (Lipinski definition) is 5. The first kappa shape index (κ1) is 27.7. The Morgan fingerprint density at radius 3 is 1.93 bits per heavy atom. The molecule has 2 fully saturated rings. The van der Waals surface area contributed by atoms with Crippen LogP contribution in [0.2, 0.25) is 0 Å². The van der Waals surface area contributed by atoms with Crippen LogP contribution in [0.4, 0.5) is 13.2 Å². The maximum absolute atomic E-state index is 14.0. The van der Waals surface area contributed by atoms with Crippen molar-refractivity contribution < 1.29 is 31.1 Å². The minimum atomic E-state index is -4.87. The van der Waals surface area contributed by atoms with Crippen molar-refractivity contribution in [3.05, 3.63) is 96.1 Å². The van der Waals surface area contributed by atoms with E-state index in [2.05, 4.69) is 10.1 Å². The van der Waals surface area contributed by atoms with E-state index in [0.717, 1.165) is 24.3 Å². The van der Waals surface area contributed by atoms with Gasteiger partial charge in [0.1, 0.15) is 5.75 Å². The molecule has 12 heteroatoms. The van der Waals surface area contributed by atoms with Crippen molar-refractivity contribution in [3.8, 4) is 5.75 Å². The van der Waals surface area contributed by atoms with Gasteiger partial charge in [-0.05, 0) is 54.2 Å². The van der Waals surface area contributed by atoms with Gasteiger partial charge in [-0.25, -0.2) is 8.42 Å². The number of hydrogen-bond donors (Lipinski definition) is 2. The van der Waals surface area contributed by atoms with Crippen LogP contribution in [0.1, 0.15) is 24.0 Å². The SMILES string of the molecule is N=C1NC(c2ccccc2)(c2ccccc2)C(=O)N1CC1CCN(S(=O)(=O)c2ccc(OC(F)(F)F)cc2)CC1. The van der Waals surface area contributed by atoms with Gasteiger partial charge >= 0.3 is 6.36 Å². The second kappa shape index (κ2) is 10.6. The van der Waals surface area contributed by atoms with Gasteiger partial charge in [0.15, 0.2) is 11.5 Å². The Morgan fingerprint density at radius 2 is 1.43 bits per heavy atom. The molecule has 8 nitrogen and oxygen atoms in total. The summed E-state index contributed by atoms with van der Waals surface area (Å²) in [6.07, 6.45) is -3.96. The van der Waals surface area contributed by atoms with Crippen LogP contribution in [0.3, 0.4) is 0 Å². The van der Waals surface area contributed by atoms with Gasteiger partial charge in [-0.3, -0.25) is 15.1 Å². The highest BCUT2D eigenvalue weighted by atomic mass is 32.2. The fraction of sp³-hybridized carbons (Fsp3) is 0.286. The number of piperidine rings is 1. The Morgan fingerprint density at radius 1 is 0.900 bits per heavy atom. The maximum atomic E-state index is 14.0. The van der Waals surface area contributed by atoms with Gasteiger partial charge in [-0.2, -0.15) is 4.31 Å². The molecule has 3 aromatic rings. The van der Waals surface area contributed by atoms with Gasteiger partial charge in [0.05, 0.1) is 4.90 Å². The fourth-order valence-corrected chi connectivity index (χ4v) is 6.73. The molecule has 2 heterocycles. The molecule has 2 N–H and O–H groups in total. The minimum absolute atomic E-state index is 0.0195. The van der Waals surface area contributed by atoms with Gasteiger partial charge in [0.25, 0.3) is 5.91 Å². The predicted molar refractivity (Wildman–Crippen MR) is 141 cm³/mol. The highest BCUT2D eigenvalue weighted by Crippen LogP contribution is 2.37. The summed E-state index contributed by atoms with van der Waals surface area (Å²) >= 11 is 0. The summed E-state index contributed by atoms with van der Waals surface area (Å²) in [4.78, 5) is 15.3. The topological polar surface area (TPSA) is 103 Å². The van der Waals surface area contributed by atoms with Crippen molar-refractivity contribution in [2.75, 3.05) is 19.6 Å². The first-order valence-corrected chi connectivity index (χ1v) is 14.1. The number of nitrogens with zero attached hydrogens (tertiary/aromatic N) is 2. The van der Waals surface area contributed by atoms with Crippen molar-refractivity contribution in [1.82, 2.24) is 14.5 Å². The highest BCUT2D eigenvalue weighted by Gasteiger charge is 2.52. The number of rotatable bonds is 7. The number of benzene rings is 3. The summed E-state index contributed by atoms with van der Waals surface area (Å²) in [6, 6.07) is 22.6. The molecular weight excluding hydrogens is 545 g/mol. The van der Waals surface area contributed by atoms with Crippen molar-refractivity contribution in [1.29, 1.82) is 5.41 Å². The lowest BCUT2D eigenvalue weighted by Gasteiger charge is -2.33. The number of alkyl halides is 3. The molecule has 40 heavy (non-hydrogen) atoms. The maximum Gasteiger partial charge on any atom is 0.573 e. The lowest BCUT2D eigenvalue weighted by molar-refractivity contribution is -0.274. The predicted octanol–water partition coefficient (Wildman–Crippen LogP) is 4.30. The molecule has 2 aliphatic heterocycles. The van der Waals surface area contributed by atoms with E-state index in [-0.39, 0.29) is 42.3 Å². The zero-order chi connectivity index (χ0) is 28.5. The van der Waals surface area contributed by atoms with E-state index in [1.54, 1.807) is 0 Å². The van der Waals surface area contributed by atoms with Crippen molar-refractivity contribution >= 4 is 21.9 Å². The van der Waals surface area contributed by atoms with Crippen molar-refractivity contribution in [2.24, 2.45) is 5.92 Å². The molecule has 0 aliphatic carbocycles. The van der Waals surface area contributed by atoms with E-state index in [1.807, 2.05) is 60.7 Å². The summed E-state index contributed by atoms with van der Waals surface area (Å²) in [7, 11) is -3.92. The third-order valence-corrected chi connectivity index (χ3v) is 9.18. The van der Waals surface area contributed by atoms with E-state index in [1.165, 1.54) is 9.21 Å². The third-order valence-electron chi connectivity index (χ3n) is 7.26. The summed E-state index contributed by atoms with van der Waals surface area (Å²) in [6.45, 7) is 0.613. The van der Waals surface area contributed by atoms with E-state index >= 15 is 0 Å². The number of amides is 1. The van der Waals surface area contributed by atoms with E-state index in [0.29, 0.717) is 24.0 Å². The summed E-state index contributed by atoms with van der Waals surface area (Å²) in [5, 5.41) is 11.8. The zero-order valence-corrected chi connectivity index (χ0v) is 22.1. The van der Waals surface area contributed by atoms with E-state index < -0.39 is 27.7 Å². The van der Waals surface area contributed by atoms with Crippen molar-refractivity contribution in [3.63, 3.8) is 0 Å². The number of guanidine groups is 1. The summed E-state index contributed by atoms with van der Waals surface area (Å²) < 4.78 is 68.6. The number of sulfonamides is 1. The van der Waals surface area contributed by atoms with Gasteiger partial charge in [0, 0.05) is 19.6 Å². The highest BCUT2D eigenvalue weighted by molar-refractivity contribution is 7.89. The minimum Gasteiger partial charge on any atom is -0.406 e. The van der Waals surface area contributed by atoms with Crippen LogP contribution in [0.5, 0.6) is 5.75 Å². The molecule has 0 bridgehead atoms. The molecule has 210 valence electrons. The molecule has 3 aromatic carbocycles. The number of halogens is 3. The number of carbonyl (C=O) groups excluding carboxylic acids is 1. The van der Waals surface area contributed by atoms with Gasteiger partial charge in [-0.15, -0.1) is 13.2 Å². The molecule has 0 radical (unpaired) electrons. The Kier molecular flexibility index (Phi) is 7.32. The van der Waals surface area contributed by atoms with Crippen LogP contribution in [-0.2, 0) is 20.4 Å². The molecule has 0 aromatic heterocycles. The van der Waals surface area contributed by atoms with Crippen LogP contribution < -0.4 is 10.1 Å². The second-order valence-electron chi connectivity index (χ2n) is 9.74. The molecule has 2 aliphatic rings. The van der Waals surface area contributed by atoms with Crippen LogP contribution >= 0.6 is 0 Å². The molecular formula is C28H27F3N4O4S. The molecule has 0 unspecified atom stereocenters. The Hall–Kier alpha value is -3.90. The first-order valence-electron chi connectivity index (χ1n) is 12.7. The molecule has 2 saturated heterocycles. The monoisotopic (exact) mass is 572 g/mol. The largest absolute Gasteiger partial charge is 0.573 e. The normalized spacial score (nSPS) is 18.5. The smallest absolute Gasteiger partial charge is 0.406 e. The van der Waals surface area contributed by atoms with Crippen LogP contribution in [-0.4, -0.2) is 55.5 Å². The number of ether oxygens (including phenoxy) is 1. The molecule has 1 amide bonds. The van der Waals surface area contributed by atoms with Crippen LogP contribution in [0.25, 0.3) is 0 Å². The Bertz CT molecular complexity index is 1440. The Balaban J connectivity index is 1.28. The van der Waals surface area contributed by atoms with Gasteiger partial charge < -0.3 is 10.1 Å².